The summed E-state index contributed by atoms with van der Waals surface area (Å²) in [6, 6.07) is 13.3. The maximum atomic E-state index is 12.4. The zero-order valence-corrected chi connectivity index (χ0v) is 18.9. The van der Waals surface area contributed by atoms with Gasteiger partial charge in [-0.2, -0.15) is 0 Å². The van der Waals surface area contributed by atoms with Gasteiger partial charge in [0, 0.05) is 66.4 Å². The minimum Gasteiger partial charge on any atom is -0.379 e. The number of hydrogen-bond acceptors (Lipinski definition) is 6. The number of nitrogens with one attached hydrogen (secondary N) is 2. The number of fused-ring (bicyclic) bond motifs is 1. The lowest BCUT2D eigenvalue weighted by Crippen LogP contribution is -2.40. The fraction of sp³-hybridized carbons (Fsp3) is 0.304. The molecule has 2 heterocycles. The number of imide groups is 1. The topological polar surface area (TPSA) is 73.9 Å². The molecule has 0 aliphatic carbocycles. The average molecular weight is 485 g/mol. The van der Waals surface area contributed by atoms with Gasteiger partial charge in [-0.3, -0.25) is 19.8 Å². The lowest BCUT2D eigenvalue weighted by molar-refractivity contribution is -0.114. The number of anilines is 2. The van der Waals surface area contributed by atoms with E-state index in [-0.39, 0.29) is 5.91 Å². The highest BCUT2D eigenvalue weighted by Crippen LogP contribution is 2.27. The Hall–Kier alpha value is -2.68. The summed E-state index contributed by atoms with van der Waals surface area (Å²) in [5.41, 5.74) is 3.49. The highest BCUT2D eigenvalue weighted by molar-refractivity contribution is 9.10. The van der Waals surface area contributed by atoms with E-state index in [0.717, 1.165) is 55.2 Å². The molecule has 1 saturated heterocycles. The number of amides is 2. The first-order chi connectivity index (χ1) is 15.0. The fourth-order valence-corrected chi connectivity index (χ4v) is 4.01. The van der Waals surface area contributed by atoms with E-state index in [2.05, 4.69) is 55.5 Å². The SMILES string of the molecule is CN(CCN1CCOCC1)c1ccc(N/C=C2/C(=O)NC(=O)c3ccc(Br)cc32)cc1. The van der Waals surface area contributed by atoms with Crippen molar-refractivity contribution >= 4 is 44.7 Å². The van der Waals surface area contributed by atoms with Crippen molar-refractivity contribution in [1.29, 1.82) is 0 Å². The van der Waals surface area contributed by atoms with Crippen LogP contribution in [0.2, 0.25) is 0 Å². The van der Waals surface area contributed by atoms with Gasteiger partial charge in [-0.05, 0) is 42.5 Å². The van der Waals surface area contributed by atoms with Crippen molar-refractivity contribution in [3.05, 3.63) is 64.3 Å². The van der Waals surface area contributed by atoms with E-state index in [1.807, 2.05) is 12.1 Å². The third kappa shape index (κ3) is 5.15. The van der Waals surface area contributed by atoms with Crippen molar-refractivity contribution in [2.24, 2.45) is 0 Å². The summed E-state index contributed by atoms with van der Waals surface area (Å²) in [6.07, 6.45) is 1.64. The Labute approximate surface area is 190 Å². The van der Waals surface area contributed by atoms with Crippen LogP contribution in [0.3, 0.4) is 0 Å². The molecule has 2 aromatic rings. The van der Waals surface area contributed by atoms with Crippen LogP contribution in [0.25, 0.3) is 5.57 Å². The molecule has 0 radical (unpaired) electrons. The molecule has 0 saturated carbocycles. The normalized spacial score (nSPS) is 17.9. The number of nitrogens with zero attached hydrogens (tertiary/aromatic N) is 2. The summed E-state index contributed by atoms with van der Waals surface area (Å²) in [5.74, 6) is -0.795. The Morgan fingerprint density at radius 2 is 1.84 bits per heavy atom. The Bertz CT molecular complexity index is 1000. The molecule has 7 nitrogen and oxygen atoms in total. The van der Waals surface area contributed by atoms with Crippen LogP contribution in [0.15, 0.2) is 53.1 Å². The smallest absolute Gasteiger partial charge is 0.260 e. The van der Waals surface area contributed by atoms with Crippen molar-refractivity contribution in [2.45, 2.75) is 0 Å². The van der Waals surface area contributed by atoms with Crippen LogP contribution >= 0.6 is 15.9 Å². The minimum absolute atomic E-state index is 0.380. The van der Waals surface area contributed by atoms with E-state index in [0.29, 0.717) is 16.7 Å². The third-order valence-electron chi connectivity index (χ3n) is 5.53. The molecule has 2 aliphatic heterocycles. The van der Waals surface area contributed by atoms with Crippen molar-refractivity contribution in [1.82, 2.24) is 10.2 Å². The van der Waals surface area contributed by atoms with Crippen LogP contribution in [0.5, 0.6) is 0 Å². The van der Waals surface area contributed by atoms with Crippen LogP contribution < -0.4 is 15.5 Å². The molecule has 0 unspecified atom stereocenters. The van der Waals surface area contributed by atoms with E-state index < -0.39 is 5.91 Å². The molecule has 0 spiro atoms. The second-order valence-electron chi connectivity index (χ2n) is 7.60. The molecule has 0 atom stereocenters. The van der Waals surface area contributed by atoms with Crippen molar-refractivity contribution in [3.8, 4) is 0 Å². The molecule has 8 heteroatoms. The Balaban J connectivity index is 1.41. The van der Waals surface area contributed by atoms with Gasteiger partial charge in [0.1, 0.15) is 0 Å². The first kappa shape index (κ1) is 21.5. The second kappa shape index (κ2) is 9.64. The van der Waals surface area contributed by atoms with E-state index in [4.69, 9.17) is 4.74 Å². The van der Waals surface area contributed by atoms with Gasteiger partial charge < -0.3 is 15.0 Å². The highest BCUT2D eigenvalue weighted by Gasteiger charge is 2.27. The summed E-state index contributed by atoms with van der Waals surface area (Å²) in [6.45, 7) is 5.56. The van der Waals surface area contributed by atoms with Crippen LogP contribution in [-0.2, 0) is 9.53 Å². The predicted octanol–water partition coefficient (Wildman–Crippen LogP) is 2.94. The zero-order valence-electron chi connectivity index (χ0n) is 17.4. The Morgan fingerprint density at radius 1 is 1.10 bits per heavy atom. The summed E-state index contributed by atoms with van der Waals surface area (Å²) in [7, 11) is 2.09. The predicted molar refractivity (Wildman–Crippen MR) is 125 cm³/mol. The molecule has 2 aliphatic rings. The van der Waals surface area contributed by atoms with Crippen LogP contribution in [0, 0.1) is 0 Å². The number of halogens is 1. The van der Waals surface area contributed by atoms with E-state index in [1.165, 1.54) is 0 Å². The molecule has 0 bridgehead atoms. The van der Waals surface area contributed by atoms with Gasteiger partial charge >= 0.3 is 0 Å². The third-order valence-corrected chi connectivity index (χ3v) is 6.03. The number of ether oxygens (including phenoxy) is 1. The molecule has 4 rings (SSSR count). The lowest BCUT2D eigenvalue weighted by Gasteiger charge is -2.29. The number of hydrogen-bond donors (Lipinski definition) is 2. The standard InChI is InChI=1S/C23H25BrN4O3/c1-27(8-9-28-10-12-31-13-11-28)18-5-3-17(4-6-18)25-15-21-20-14-16(24)2-7-19(20)22(29)26-23(21)30/h2-7,14-15,25H,8-13H2,1H3,(H,26,29,30)/b21-15+. The Morgan fingerprint density at radius 3 is 2.58 bits per heavy atom. The van der Waals surface area contributed by atoms with Gasteiger partial charge in [-0.25, -0.2) is 0 Å². The van der Waals surface area contributed by atoms with Crippen molar-refractivity contribution < 1.29 is 14.3 Å². The van der Waals surface area contributed by atoms with Gasteiger partial charge in [0.15, 0.2) is 0 Å². The van der Waals surface area contributed by atoms with Crippen LogP contribution in [0.1, 0.15) is 15.9 Å². The first-order valence-electron chi connectivity index (χ1n) is 10.2. The number of rotatable bonds is 6. The fourth-order valence-electron chi connectivity index (χ4n) is 3.65. The molecular weight excluding hydrogens is 460 g/mol. The van der Waals surface area contributed by atoms with Gasteiger partial charge in [0.25, 0.3) is 11.8 Å². The number of carbonyl (C=O) groups excluding carboxylic acids is 2. The molecule has 31 heavy (non-hydrogen) atoms. The lowest BCUT2D eigenvalue weighted by atomic mass is 9.95. The van der Waals surface area contributed by atoms with Gasteiger partial charge in [0.2, 0.25) is 0 Å². The maximum absolute atomic E-state index is 12.4. The van der Waals surface area contributed by atoms with Gasteiger partial charge in [0.05, 0.1) is 18.8 Å². The van der Waals surface area contributed by atoms with E-state index in [1.54, 1.807) is 24.4 Å². The highest BCUT2D eigenvalue weighted by atomic mass is 79.9. The summed E-state index contributed by atoms with van der Waals surface area (Å²) in [4.78, 5) is 29.1. The van der Waals surface area contributed by atoms with Crippen molar-refractivity contribution in [2.75, 3.05) is 56.7 Å². The molecule has 1 fully saturated rings. The van der Waals surface area contributed by atoms with Crippen LogP contribution in [0.4, 0.5) is 11.4 Å². The maximum Gasteiger partial charge on any atom is 0.260 e. The average Bonchev–Trinajstić information content (AvgIpc) is 2.78. The molecule has 2 N–H and O–H groups in total. The number of carbonyl (C=O) groups is 2. The number of benzene rings is 2. The number of likely N-dealkylation sites (N-methyl/N-ethyl adjacent to an activating group) is 1. The molecular formula is C23H25BrN4O3. The minimum atomic E-state index is -0.414. The first-order valence-corrected chi connectivity index (χ1v) is 11.0. The molecule has 162 valence electrons. The van der Waals surface area contributed by atoms with E-state index in [9.17, 15) is 9.59 Å². The van der Waals surface area contributed by atoms with Gasteiger partial charge in [-0.15, -0.1) is 0 Å². The molecule has 2 aromatic carbocycles. The quantitative estimate of drug-likeness (QED) is 0.485. The van der Waals surface area contributed by atoms with Crippen LogP contribution in [-0.4, -0.2) is 63.2 Å². The number of morpholine rings is 1. The molecule has 2 amide bonds. The summed E-state index contributed by atoms with van der Waals surface area (Å²) in [5, 5.41) is 5.57. The Kier molecular flexibility index (Phi) is 6.70. The van der Waals surface area contributed by atoms with E-state index >= 15 is 0 Å². The summed E-state index contributed by atoms with van der Waals surface area (Å²) >= 11 is 3.41. The molecule has 0 aromatic heterocycles. The zero-order chi connectivity index (χ0) is 21.8. The monoisotopic (exact) mass is 484 g/mol. The largest absolute Gasteiger partial charge is 0.379 e. The van der Waals surface area contributed by atoms with Crippen molar-refractivity contribution in [3.63, 3.8) is 0 Å². The van der Waals surface area contributed by atoms with Gasteiger partial charge in [-0.1, -0.05) is 15.9 Å². The summed E-state index contributed by atoms with van der Waals surface area (Å²) < 4.78 is 6.21. The second-order valence-corrected chi connectivity index (χ2v) is 8.51.